The second-order valence-electron chi connectivity index (χ2n) is 4.87. The monoisotopic (exact) mass is 297 g/mol. The first kappa shape index (κ1) is 16.8. The van der Waals surface area contributed by atoms with E-state index < -0.39 is 0 Å². The van der Waals surface area contributed by atoms with Crippen LogP contribution in [0.25, 0.3) is 0 Å². The molecule has 20 heavy (non-hydrogen) atoms. The van der Waals surface area contributed by atoms with Crippen molar-refractivity contribution in [3.05, 3.63) is 22.8 Å². The molecule has 5 heteroatoms. The summed E-state index contributed by atoms with van der Waals surface area (Å²) in [7, 11) is 0. The number of amides is 1. The third kappa shape index (κ3) is 5.00. The Kier molecular flexibility index (Phi) is 7.37. The molecule has 0 atom stereocenters. The molecule has 0 saturated carbocycles. The Labute approximate surface area is 126 Å². The van der Waals surface area contributed by atoms with Gasteiger partial charge in [0, 0.05) is 19.3 Å². The highest BCUT2D eigenvalue weighted by Crippen LogP contribution is 2.18. The van der Waals surface area contributed by atoms with Gasteiger partial charge in [0.1, 0.15) is 5.82 Å². The average molecular weight is 298 g/mol. The summed E-state index contributed by atoms with van der Waals surface area (Å²) in [6.45, 7) is 7.84. The molecule has 0 aliphatic rings. The van der Waals surface area contributed by atoms with Crippen LogP contribution in [0.1, 0.15) is 50.4 Å². The van der Waals surface area contributed by atoms with Gasteiger partial charge in [0.2, 0.25) is 0 Å². The van der Waals surface area contributed by atoms with Gasteiger partial charge in [-0.25, -0.2) is 4.98 Å². The number of carbonyl (C=O) groups excluding carboxylic acids is 1. The zero-order valence-electron chi connectivity index (χ0n) is 12.5. The standard InChI is InChI=1S/C15H24ClN3O/c1-4-7-17-14-8-12(13(16)10-18-14)15(20)19-9-11(5-2)6-3/h8,10-11H,4-7,9H2,1-3H3,(H,17,18)(H,19,20). The van der Waals surface area contributed by atoms with Gasteiger partial charge in [0.15, 0.2) is 0 Å². The lowest BCUT2D eigenvalue weighted by molar-refractivity contribution is 0.0946. The van der Waals surface area contributed by atoms with E-state index in [0.717, 1.165) is 25.8 Å². The number of nitrogens with zero attached hydrogens (tertiary/aromatic N) is 1. The number of aromatic nitrogens is 1. The minimum atomic E-state index is -0.135. The second kappa shape index (κ2) is 8.80. The predicted molar refractivity (Wildman–Crippen MR) is 84.4 cm³/mol. The van der Waals surface area contributed by atoms with Crippen LogP contribution in [0.4, 0.5) is 5.82 Å². The fraction of sp³-hybridized carbons (Fsp3) is 0.600. The van der Waals surface area contributed by atoms with E-state index in [2.05, 4.69) is 36.4 Å². The van der Waals surface area contributed by atoms with Crippen molar-refractivity contribution in [2.75, 3.05) is 18.4 Å². The summed E-state index contributed by atoms with van der Waals surface area (Å²) in [5, 5.41) is 6.48. The van der Waals surface area contributed by atoms with Gasteiger partial charge < -0.3 is 10.6 Å². The lowest BCUT2D eigenvalue weighted by atomic mass is 10.0. The van der Waals surface area contributed by atoms with E-state index in [1.165, 1.54) is 6.20 Å². The van der Waals surface area contributed by atoms with Gasteiger partial charge in [-0.15, -0.1) is 0 Å². The molecule has 0 aliphatic heterocycles. The maximum atomic E-state index is 12.2. The number of pyridine rings is 1. The van der Waals surface area contributed by atoms with Crippen LogP contribution in [0.2, 0.25) is 5.02 Å². The number of nitrogens with one attached hydrogen (secondary N) is 2. The molecule has 0 aromatic carbocycles. The lowest BCUT2D eigenvalue weighted by Gasteiger charge is -2.14. The van der Waals surface area contributed by atoms with Crippen LogP contribution < -0.4 is 10.6 Å². The van der Waals surface area contributed by atoms with Crippen molar-refractivity contribution >= 4 is 23.3 Å². The van der Waals surface area contributed by atoms with Crippen molar-refractivity contribution in [1.82, 2.24) is 10.3 Å². The van der Waals surface area contributed by atoms with Gasteiger partial charge in [-0.2, -0.15) is 0 Å². The van der Waals surface area contributed by atoms with E-state index in [0.29, 0.717) is 28.9 Å². The summed E-state index contributed by atoms with van der Waals surface area (Å²) >= 11 is 6.06. The fourth-order valence-corrected chi connectivity index (χ4v) is 2.06. The number of rotatable bonds is 8. The normalized spacial score (nSPS) is 10.7. The van der Waals surface area contributed by atoms with E-state index >= 15 is 0 Å². The van der Waals surface area contributed by atoms with E-state index in [-0.39, 0.29) is 5.91 Å². The van der Waals surface area contributed by atoms with Gasteiger partial charge >= 0.3 is 0 Å². The first-order valence-corrected chi connectivity index (χ1v) is 7.67. The average Bonchev–Trinajstić information content (AvgIpc) is 2.47. The van der Waals surface area contributed by atoms with Crippen molar-refractivity contribution in [3.8, 4) is 0 Å². The topological polar surface area (TPSA) is 54.0 Å². The number of anilines is 1. The maximum Gasteiger partial charge on any atom is 0.252 e. The number of carbonyl (C=O) groups is 1. The first-order valence-electron chi connectivity index (χ1n) is 7.29. The Hall–Kier alpha value is -1.29. The van der Waals surface area contributed by atoms with Gasteiger partial charge in [0.25, 0.3) is 5.91 Å². The van der Waals surface area contributed by atoms with E-state index in [9.17, 15) is 4.79 Å². The third-order valence-corrected chi connectivity index (χ3v) is 3.66. The largest absolute Gasteiger partial charge is 0.370 e. The van der Waals surface area contributed by atoms with Gasteiger partial charge in [0.05, 0.1) is 10.6 Å². The quantitative estimate of drug-likeness (QED) is 0.769. The number of halogens is 1. The van der Waals surface area contributed by atoms with Crippen LogP contribution in [-0.4, -0.2) is 24.0 Å². The zero-order valence-corrected chi connectivity index (χ0v) is 13.3. The van der Waals surface area contributed by atoms with Crippen LogP contribution >= 0.6 is 11.6 Å². The van der Waals surface area contributed by atoms with E-state index in [1.54, 1.807) is 6.07 Å². The molecule has 1 heterocycles. The predicted octanol–water partition coefficient (Wildman–Crippen LogP) is 3.72. The molecule has 0 saturated heterocycles. The van der Waals surface area contributed by atoms with Gasteiger partial charge in [-0.1, -0.05) is 45.2 Å². The SMILES string of the molecule is CCCNc1cc(C(=O)NCC(CC)CC)c(Cl)cn1. The lowest BCUT2D eigenvalue weighted by Crippen LogP contribution is -2.29. The second-order valence-corrected chi connectivity index (χ2v) is 5.28. The Morgan fingerprint density at radius 1 is 1.35 bits per heavy atom. The molecular weight excluding hydrogens is 274 g/mol. The van der Waals surface area contributed by atoms with Gasteiger partial charge in [-0.3, -0.25) is 4.79 Å². The molecule has 112 valence electrons. The maximum absolute atomic E-state index is 12.2. The Balaban J connectivity index is 2.70. The van der Waals surface area contributed by atoms with Crippen molar-refractivity contribution in [2.24, 2.45) is 5.92 Å². The molecule has 0 unspecified atom stereocenters. The highest BCUT2D eigenvalue weighted by molar-refractivity contribution is 6.33. The van der Waals surface area contributed by atoms with Crippen LogP contribution in [0.3, 0.4) is 0 Å². The smallest absolute Gasteiger partial charge is 0.252 e. The Morgan fingerprint density at radius 2 is 2.05 bits per heavy atom. The molecule has 0 bridgehead atoms. The zero-order chi connectivity index (χ0) is 15.0. The Morgan fingerprint density at radius 3 is 2.65 bits per heavy atom. The van der Waals surface area contributed by atoms with Crippen LogP contribution in [0.5, 0.6) is 0 Å². The number of hydrogen-bond acceptors (Lipinski definition) is 3. The van der Waals surface area contributed by atoms with Crippen molar-refractivity contribution in [2.45, 2.75) is 40.0 Å². The molecule has 0 spiro atoms. The summed E-state index contributed by atoms with van der Waals surface area (Å²) in [5.41, 5.74) is 0.478. The fourth-order valence-electron chi connectivity index (χ4n) is 1.87. The van der Waals surface area contributed by atoms with Crippen molar-refractivity contribution in [3.63, 3.8) is 0 Å². The highest BCUT2D eigenvalue weighted by Gasteiger charge is 2.13. The first-order chi connectivity index (χ1) is 9.62. The molecular formula is C15H24ClN3O. The summed E-state index contributed by atoms with van der Waals surface area (Å²) in [6.07, 6.45) is 4.64. The summed E-state index contributed by atoms with van der Waals surface area (Å²) in [5.74, 6) is 1.06. The molecule has 2 N–H and O–H groups in total. The van der Waals surface area contributed by atoms with Crippen molar-refractivity contribution in [1.29, 1.82) is 0 Å². The third-order valence-electron chi connectivity index (χ3n) is 3.36. The number of hydrogen-bond donors (Lipinski definition) is 2. The van der Waals surface area contributed by atoms with E-state index in [4.69, 9.17) is 11.6 Å². The van der Waals surface area contributed by atoms with Gasteiger partial charge in [-0.05, 0) is 18.4 Å². The summed E-state index contributed by atoms with van der Waals surface area (Å²) < 4.78 is 0. The summed E-state index contributed by atoms with van der Waals surface area (Å²) in [4.78, 5) is 16.3. The van der Waals surface area contributed by atoms with Crippen LogP contribution in [-0.2, 0) is 0 Å². The molecule has 1 aromatic heterocycles. The molecule has 0 fully saturated rings. The molecule has 1 aromatic rings. The Bertz CT molecular complexity index is 433. The molecule has 1 rings (SSSR count). The molecule has 0 radical (unpaired) electrons. The minimum Gasteiger partial charge on any atom is -0.370 e. The minimum absolute atomic E-state index is 0.135. The van der Waals surface area contributed by atoms with Crippen molar-refractivity contribution < 1.29 is 4.79 Å². The summed E-state index contributed by atoms with van der Waals surface area (Å²) in [6, 6.07) is 1.71. The molecule has 1 amide bonds. The highest BCUT2D eigenvalue weighted by atomic mass is 35.5. The molecule has 4 nitrogen and oxygen atoms in total. The van der Waals surface area contributed by atoms with Crippen LogP contribution in [0, 0.1) is 5.92 Å². The van der Waals surface area contributed by atoms with Crippen LogP contribution in [0.15, 0.2) is 12.3 Å². The molecule has 0 aliphatic carbocycles. The van der Waals surface area contributed by atoms with E-state index in [1.807, 2.05) is 0 Å².